The fourth-order valence-corrected chi connectivity index (χ4v) is 2.12. The van der Waals surface area contributed by atoms with Gasteiger partial charge in [-0.2, -0.15) is 4.68 Å². The number of hydrogen-bond donors (Lipinski definition) is 2. The number of para-hydroxylation sites is 1. The molecule has 0 aliphatic heterocycles. The monoisotopic (exact) mass is 248 g/mol. The Balaban J connectivity index is 2.10. The van der Waals surface area contributed by atoms with Crippen LogP contribution in [-0.4, -0.2) is 31.8 Å². The van der Waals surface area contributed by atoms with Crippen LogP contribution in [0.4, 0.5) is 0 Å². The molecular weight excluding hydrogens is 236 g/mol. The summed E-state index contributed by atoms with van der Waals surface area (Å²) in [7, 11) is 0. The fraction of sp³-hybridized carbons (Fsp3) is 0.200. The summed E-state index contributed by atoms with van der Waals surface area (Å²) in [6.07, 6.45) is 0.534. The lowest BCUT2D eigenvalue weighted by atomic mass is 10.3. The number of nitrogens with two attached hydrogens (primary N) is 1. The van der Waals surface area contributed by atoms with E-state index in [4.69, 9.17) is 11.1 Å². The second-order valence-corrected chi connectivity index (χ2v) is 4.39. The van der Waals surface area contributed by atoms with E-state index in [-0.39, 0.29) is 5.84 Å². The van der Waals surface area contributed by atoms with Crippen molar-refractivity contribution in [3.63, 3.8) is 0 Å². The van der Waals surface area contributed by atoms with Gasteiger partial charge in [0.15, 0.2) is 0 Å². The molecule has 0 aliphatic rings. The highest BCUT2D eigenvalue weighted by Crippen LogP contribution is 2.18. The van der Waals surface area contributed by atoms with Crippen LogP contribution in [0.25, 0.3) is 5.69 Å². The quantitative estimate of drug-likeness (QED) is 0.469. The van der Waals surface area contributed by atoms with Crippen molar-refractivity contribution < 1.29 is 0 Å². The van der Waals surface area contributed by atoms with Crippen molar-refractivity contribution in [1.29, 1.82) is 5.41 Å². The minimum absolute atomic E-state index is 0.177. The van der Waals surface area contributed by atoms with E-state index in [0.29, 0.717) is 17.3 Å². The second-order valence-electron chi connectivity index (χ2n) is 3.33. The zero-order chi connectivity index (χ0) is 12.1. The van der Waals surface area contributed by atoms with E-state index < -0.39 is 0 Å². The highest BCUT2D eigenvalue weighted by atomic mass is 32.2. The summed E-state index contributed by atoms with van der Waals surface area (Å²) in [4.78, 5) is 0. The normalized spacial score (nSPS) is 10.4. The predicted octanol–water partition coefficient (Wildman–Crippen LogP) is 1.08. The maximum absolute atomic E-state index is 7.15. The number of benzene rings is 1. The smallest absolute Gasteiger partial charge is 0.214 e. The van der Waals surface area contributed by atoms with Crippen LogP contribution in [0.5, 0.6) is 0 Å². The minimum atomic E-state index is 0.177. The third kappa shape index (κ3) is 3.04. The molecular formula is C10H12N6S. The van der Waals surface area contributed by atoms with Gasteiger partial charge < -0.3 is 5.73 Å². The van der Waals surface area contributed by atoms with Crippen molar-refractivity contribution in [3.8, 4) is 5.69 Å². The van der Waals surface area contributed by atoms with Gasteiger partial charge >= 0.3 is 0 Å². The third-order valence-electron chi connectivity index (χ3n) is 2.04. The first-order valence-electron chi connectivity index (χ1n) is 5.07. The van der Waals surface area contributed by atoms with Crippen LogP contribution >= 0.6 is 11.8 Å². The molecule has 1 heterocycles. The Labute approximate surface area is 103 Å². The van der Waals surface area contributed by atoms with Gasteiger partial charge in [0.25, 0.3) is 0 Å². The molecule has 1 aromatic heterocycles. The highest BCUT2D eigenvalue weighted by molar-refractivity contribution is 7.99. The molecule has 0 amide bonds. The standard InChI is InChI=1S/C10H12N6S/c11-9(12)6-7-17-10-13-14-15-16(10)8-4-2-1-3-5-8/h1-5H,6-7H2,(H3,11,12). The Morgan fingerprint density at radius 1 is 1.35 bits per heavy atom. The first-order valence-corrected chi connectivity index (χ1v) is 6.05. The third-order valence-corrected chi connectivity index (χ3v) is 2.97. The zero-order valence-corrected chi connectivity index (χ0v) is 9.89. The number of thioether (sulfide) groups is 1. The fourth-order valence-electron chi connectivity index (χ4n) is 1.25. The molecule has 0 saturated heterocycles. The molecule has 2 aromatic rings. The molecule has 1 aromatic carbocycles. The van der Waals surface area contributed by atoms with Gasteiger partial charge in [-0.15, -0.1) is 5.10 Å². The summed E-state index contributed by atoms with van der Waals surface area (Å²) in [6, 6.07) is 9.68. The van der Waals surface area contributed by atoms with Crippen molar-refractivity contribution >= 4 is 17.6 Å². The van der Waals surface area contributed by atoms with Gasteiger partial charge in [0.05, 0.1) is 11.5 Å². The lowest BCUT2D eigenvalue weighted by molar-refractivity contribution is 0.756. The molecule has 0 spiro atoms. The Kier molecular flexibility index (Phi) is 3.71. The Morgan fingerprint density at radius 2 is 2.12 bits per heavy atom. The first-order chi connectivity index (χ1) is 8.27. The Morgan fingerprint density at radius 3 is 2.82 bits per heavy atom. The minimum Gasteiger partial charge on any atom is -0.388 e. The molecule has 0 unspecified atom stereocenters. The molecule has 0 fully saturated rings. The van der Waals surface area contributed by atoms with Crippen LogP contribution < -0.4 is 5.73 Å². The Bertz CT molecular complexity index is 495. The molecule has 17 heavy (non-hydrogen) atoms. The van der Waals surface area contributed by atoms with Gasteiger partial charge in [-0.1, -0.05) is 30.0 Å². The molecule has 0 radical (unpaired) electrons. The lowest BCUT2D eigenvalue weighted by Crippen LogP contribution is -2.10. The van der Waals surface area contributed by atoms with Crippen molar-refractivity contribution in [3.05, 3.63) is 30.3 Å². The molecule has 0 aliphatic carbocycles. The van der Waals surface area contributed by atoms with Crippen LogP contribution in [0.3, 0.4) is 0 Å². The number of hydrogen-bond acceptors (Lipinski definition) is 5. The molecule has 3 N–H and O–H groups in total. The van der Waals surface area contributed by atoms with E-state index >= 15 is 0 Å². The van der Waals surface area contributed by atoms with Crippen LogP contribution in [0.2, 0.25) is 0 Å². The molecule has 0 saturated carbocycles. The van der Waals surface area contributed by atoms with E-state index in [1.807, 2.05) is 30.3 Å². The maximum atomic E-state index is 7.15. The van der Waals surface area contributed by atoms with E-state index in [2.05, 4.69) is 15.5 Å². The van der Waals surface area contributed by atoms with Gasteiger partial charge in [0, 0.05) is 12.2 Å². The summed E-state index contributed by atoms with van der Waals surface area (Å²) in [5.41, 5.74) is 6.21. The van der Waals surface area contributed by atoms with E-state index in [1.54, 1.807) is 4.68 Å². The SMILES string of the molecule is N=C(N)CCSc1nnnn1-c1ccccc1. The number of aromatic nitrogens is 4. The van der Waals surface area contributed by atoms with Crippen LogP contribution in [0, 0.1) is 5.41 Å². The number of rotatable bonds is 5. The summed E-state index contributed by atoms with van der Waals surface area (Å²) >= 11 is 1.48. The number of nitrogens with one attached hydrogen (secondary N) is 1. The predicted molar refractivity (Wildman–Crippen MR) is 66.4 cm³/mol. The molecule has 7 heteroatoms. The van der Waals surface area contributed by atoms with E-state index in [0.717, 1.165) is 5.69 Å². The number of nitrogens with zero attached hydrogens (tertiary/aromatic N) is 4. The second kappa shape index (κ2) is 5.44. The zero-order valence-electron chi connectivity index (χ0n) is 9.08. The van der Waals surface area contributed by atoms with Gasteiger partial charge in [-0.25, -0.2) is 0 Å². The molecule has 2 rings (SSSR count). The van der Waals surface area contributed by atoms with Crippen molar-refractivity contribution in [2.75, 3.05) is 5.75 Å². The van der Waals surface area contributed by atoms with Gasteiger partial charge in [-0.3, -0.25) is 5.41 Å². The average Bonchev–Trinajstić information content (AvgIpc) is 2.78. The molecule has 0 atom stereocenters. The molecule has 0 bridgehead atoms. The summed E-state index contributed by atoms with van der Waals surface area (Å²) in [6.45, 7) is 0. The van der Waals surface area contributed by atoms with Gasteiger partial charge in [0.1, 0.15) is 0 Å². The van der Waals surface area contributed by atoms with Crippen molar-refractivity contribution in [2.45, 2.75) is 11.6 Å². The maximum Gasteiger partial charge on any atom is 0.214 e. The Hall–Kier alpha value is -1.89. The van der Waals surface area contributed by atoms with Crippen molar-refractivity contribution in [2.24, 2.45) is 5.73 Å². The molecule has 88 valence electrons. The van der Waals surface area contributed by atoms with Gasteiger partial charge in [-0.05, 0) is 22.6 Å². The van der Waals surface area contributed by atoms with Crippen LogP contribution in [-0.2, 0) is 0 Å². The lowest BCUT2D eigenvalue weighted by Gasteiger charge is -2.03. The average molecular weight is 248 g/mol. The summed E-state index contributed by atoms with van der Waals surface area (Å²) < 4.78 is 1.67. The first kappa shape index (κ1) is 11.6. The largest absolute Gasteiger partial charge is 0.388 e. The van der Waals surface area contributed by atoms with E-state index in [1.165, 1.54) is 11.8 Å². The summed E-state index contributed by atoms with van der Waals surface area (Å²) in [5, 5.41) is 19.4. The number of tetrazole rings is 1. The van der Waals surface area contributed by atoms with Crippen LogP contribution in [0.1, 0.15) is 6.42 Å². The summed E-state index contributed by atoms with van der Waals surface area (Å²) in [5.74, 6) is 0.874. The van der Waals surface area contributed by atoms with Crippen LogP contribution in [0.15, 0.2) is 35.5 Å². The highest BCUT2D eigenvalue weighted by Gasteiger charge is 2.08. The number of amidine groups is 1. The van der Waals surface area contributed by atoms with Crippen molar-refractivity contribution in [1.82, 2.24) is 20.2 Å². The van der Waals surface area contributed by atoms with Gasteiger partial charge in [0.2, 0.25) is 5.16 Å². The molecule has 6 nitrogen and oxygen atoms in total. The van der Waals surface area contributed by atoms with E-state index in [9.17, 15) is 0 Å². The topological polar surface area (TPSA) is 93.5 Å².